The maximum atomic E-state index is 14.1. The molecule has 1 unspecified atom stereocenters. The molecule has 5 nitrogen and oxygen atoms in total. The quantitative estimate of drug-likeness (QED) is 0.718. The molecule has 0 spiro atoms. The van der Waals surface area contributed by atoms with E-state index < -0.39 is 6.30 Å². The van der Waals surface area contributed by atoms with Gasteiger partial charge >= 0.3 is 0 Å². The number of anilines is 1. The molecule has 0 aliphatic carbocycles. The van der Waals surface area contributed by atoms with E-state index in [0.29, 0.717) is 17.2 Å². The molecule has 4 rings (SSSR count). The molecule has 0 amide bonds. The maximum Gasteiger partial charge on any atom is 0.196 e. The Hall–Kier alpha value is -3.28. The van der Waals surface area contributed by atoms with Gasteiger partial charge in [0, 0.05) is 36.0 Å². The third-order valence-corrected chi connectivity index (χ3v) is 4.07. The molecule has 0 saturated carbocycles. The van der Waals surface area contributed by atoms with Crippen LogP contribution in [0.1, 0.15) is 5.56 Å². The lowest BCUT2D eigenvalue weighted by atomic mass is 10.0. The van der Waals surface area contributed by atoms with Crippen molar-refractivity contribution in [3.63, 3.8) is 0 Å². The van der Waals surface area contributed by atoms with Gasteiger partial charge in [-0.05, 0) is 42.1 Å². The zero-order valence-corrected chi connectivity index (χ0v) is 13.6. The molecule has 0 fully saturated rings. The summed E-state index contributed by atoms with van der Waals surface area (Å²) in [6.07, 6.45) is 7.37. The largest absolute Gasteiger partial charge is 0.373 e. The summed E-state index contributed by atoms with van der Waals surface area (Å²) in [6, 6.07) is 9.44. The van der Waals surface area contributed by atoms with Crippen molar-refractivity contribution in [2.24, 2.45) is 0 Å². The van der Waals surface area contributed by atoms with Crippen molar-refractivity contribution in [2.75, 3.05) is 12.4 Å². The highest BCUT2D eigenvalue weighted by Crippen LogP contribution is 2.29. The van der Waals surface area contributed by atoms with Crippen LogP contribution in [0.5, 0.6) is 0 Å². The predicted molar refractivity (Wildman–Crippen MR) is 97.5 cm³/mol. The third-order valence-electron chi connectivity index (χ3n) is 4.07. The Morgan fingerprint density at radius 3 is 2.84 bits per heavy atom. The van der Waals surface area contributed by atoms with Crippen molar-refractivity contribution in [3.8, 4) is 11.4 Å². The van der Waals surface area contributed by atoms with Crippen LogP contribution < -0.4 is 10.6 Å². The number of pyridine rings is 1. The van der Waals surface area contributed by atoms with Crippen molar-refractivity contribution in [2.45, 2.75) is 6.30 Å². The summed E-state index contributed by atoms with van der Waals surface area (Å²) in [6.45, 7) is 0. The Morgan fingerprint density at radius 1 is 1.16 bits per heavy atom. The van der Waals surface area contributed by atoms with Gasteiger partial charge < -0.3 is 10.6 Å². The summed E-state index contributed by atoms with van der Waals surface area (Å²) >= 11 is 0. The molecule has 6 heteroatoms. The van der Waals surface area contributed by atoms with Gasteiger partial charge in [0.2, 0.25) is 0 Å². The van der Waals surface area contributed by atoms with Crippen LogP contribution in [0.25, 0.3) is 27.9 Å². The molecule has 1 aliphatic heterocycles. The van der Waals surface area contributed by atoms with Crippen molar-refractivity contribution >= 4 is 22.3 Å². The van der Waals surface area contributed by atoms with Crippen molar-refractivity contribution < 1.29 is 4.39 Å². The number of fused-ring (bicyclic) bond motifs is 1. The van der Waals surface area contributed by atoms with Gasteiger partial charge in [-0.2, -0.15) is 0 Å². The number of nitrogens with zero attached hydrogens (tertiary/aromatic N) is 3. The predicted octanol–water partition coefficient (Wildman–Crippen LogP) is 3.53. The van der Waals surface area contributed by atoms with Crippen LogP contribution in [-0.4, -0.2) is 28.3 Å². The number of hydrogen-bond acceptors (Lipinski definition) is 5. The Morgan fingerprint density at radius 2 is 2.08 bits per heavy atom. The fraction of sp³-hybridized carbons (Fsp3) is 0.105. The third kappa shape index (κ3) is 2.82. The molecule has 1 aromatic carbocycles. The molecule has 1 aliphatic rings. The van der Waals surface area contributed by atoms with Gasteiger partial charge in [0.05, 0.1) is 5.52 Å². The summed E-state index contributed by atoms with van der Waals surface area (Å²) in [5, 5.41) is 6.62. The van der Waals surface area contributed by atoms with E-state index in [1.165, 1.54) is 0 Å². The molecular formula is C19H16FN5. The van der Waals surface area contributed by atoms with Crippen LogP contribution in [0.4, 0.5) is 10.2 Å². The van der Waals surface area contributed by atoms with Crippen molar-refractivity contribution in [1.29, 1.82) is 0 Å². The second-order valence-corrected chi connectivity index (χ2v) is 5.63. The first-order valence-corrected chi connectivity index (χ1v) is 7.93. The molecule has 1 atom stereocenters. The lowest BCUT2D eigenvalue weighted by Gasteiger charge is -2.17. The average Bonchev–Trinajstić information content (AvgIpc) is 2.68. The second kappa shape index (κ2) is 6.32. The zero-order chi connectivity index (χ0) is 17.2. The fourth-order valence-corrected chi connectivity index (χ4v) is 2.83. The summed E-state index contributed by atoms with van der Waals surface area (Å²) in [4.78, 5) is 13.3. The number of aromatic nitrogens is 3. The summed E-state index contributed by atoms with van der Waals surface area (Å²) in [5.41, 5.74) is 3.02. The number of halogens is 1. The molecule has 0 saturated heterocycles. The van der Waals surface area contributed by atoms with E-state index in [0.717, 1.165) is 22.0 Å². The standard InChI is InChI=1S/C19H16FN5/c1-21-19-15-10-12(14-5-3-9-23-17(14)20)6-7-16(15)24-18(25-19)13-4-2-8-22-11-13/h2-11,17,23H,1H3,(H,21,24,25). The van der Waals surface area contributed by atoms with E-state index >= 15 is 0 Å². The molecule has 0 radical (unpaired) electrons. The van der Waals surface area contributed by atoms with E-state index in [9.17, 15) is 4.39 Å². The number of alkyl halides is 1. The molecule has 0 bridgehead atoms. The van der Waals surface area contributed by atoms with E-state index in [1.807, 2.05) is 37.4 Å². The Bertz CT molecular complexity index is 982. The van der Waals surface area contributed by atoms with Gasteiger partial charge in [0.25, 0.3) is 0 Å². The van der Waals surface area contributed by atoms with Crippen LogP contribution in [0.2, 0.25) is 0 Å². The summed E-state index contributed by atoms with van der Waals surface area (Å²) < 4.78 is 14.1. The average molecular weight is 333 g/mol. The molecular weight excluding hydrogens is 317 g/mol. The van der Waals surface area contributed by atoms with Gasteiger partial charge in [-0.3, -0.25) is 4.98 Å². The topological polar surface area (TPSA) is 62.7 Å². The summed E-state index contributed by atoms with van der Waals surface area (Å²) in [5.74, 6) is 1.29. The van der Waals surface area contributed by atoms with Gasteiger partial charge in [-0.25, -0.2) is 14.4 Å². The number of nitrogens with one attached hydrogen (secondary N) is 2. The number of allylic oxidation sites excluding steroid dienone is 2. The Kier molecular flexibility index (Phi) is 3.85. The van der Waals surface area contributed by atoms with Crippen molar-refractivity contribution in [1.82, 2.24) is 20.3 Å². The first-order chi connectivity index (χ1) is 12.3. The molecule has 3 heterocycles. The van der Waals surface area contributed by atoms with Gasteiger partial charge in [-0.1, -0.05) is 12.1 Å². The molecule has 25 heavy (non-hydrogen) atoms. The van der Waals surface area contributed by atoms with Crippen LogP contribution in [0, 0.1) is 0 Å². The molecule has 124 valence electrons. The number of dihydropyridines is 1. The number of benzene rings is 1. The highest BCUT2D eigenvalue weighted by atomic mass is 19.1. The first-order valence-electron chi connectivity index (χ1n) is 7.93. The molecule has 3 aromatic rings. The van der Waals surface area contributed by atoms with E-state index in [-0.39, 0.29) is 0 Å². The van der Waals surface area contributed by atoms with E-state index in [1.54, 1.807) is 30.7 Å². The molecule has 2 N–H and O–H groups in total. The monoisotopic (exact) mass is 333 g/mol. The minimum Gasteiger partial charge on any atom is -0.373 e. The van der Waals surface area contributed by atoms with E-state index in [2.05, 4.69) is 25.6 Å². The van der Waals surface area contributed by atoms with Gasteiger partial charge in [0.15, 0.2) is 12.1 Å². The minimum absolute atomic E-state index is 0.586. The normalized spacial score (nSPS) is 16.4. The lowest BCUT2D eigenvalue weighted by Crippen LogP contribution is -2.22. The Balaban J connectivity index is 1.86. The van der Waals surface area contributed by atoms with Crippen molar-refractivity contribution in [3.05, 3.63) is 66.6 Å². The lowest BCUT2D eigenvalue weighted by molar-refractivity contribution is 0.377. The maximum absolute atomic E-state index is 14.1. The van der Waals surface area contributed by atoms with Crippen LogP contribution in [0.15, 0.2) is 61.1 Å². The van der Waals surface area contributed by atoms with Crippen LogP contribution in [-0.2, 0) is 0 Å². The number of hydrogen-bond donors (Lipinski definition) is 2. The summed E-state index contributed by atoms with van der Waals surface area (Å²) in [7, 11) is 1.81. The smallest absolute Gasteiger partial charge is 0.196 e. The highest BCUT2D eigenvalue weighted by molar-refractivity contribution is 5.93. The minimum atomic E-state index is -1.23. The second-order valence-electron chi connectivity index (χ2n) is 5.63. The van der Waals surface area contributed by atoms with E-state index in [4.69, 9.17) is 0 Å². The zero-order valence-electron chi connectivity index (χ0n) is 13.6. The van der Waals surface area contributed by atoms with Crippen LogP contribution >= 0.6 is 0 Å². The fourth-order valence-electron chi connectivity index (χ4n) is 2.83. The number of rotatable bonds is 3. The Labute approximate surface area is 144 Å². The van der Waals surface area contributed by atoms with Crippen LogP contribution in [0.3, 0.4) is 0 Å². The van der Waals surface area contributed by atoms with Gasteiger partial charge in [0.1, 0.15) is 5.82 Å². The molecule has 2 aromatic heterocycles. The first kappa shape index (κ1) is 15.3. The highest BCUT2D eigenvalue weighted by Gasteiger charge is 2.17. The SMILES string of the molecule is CNc1nc(-c2cccnc2)nc2ccc(C3=CC=CNC3F)cc12. The van der Waals surface area contributed by atoms with Gasteiger partial charge in [-0.15, -0.1) is 0 Å².